The molecule has 2 heteroatoms. The van der Waals surface area contributed by atoms with Gasteiger partial charge in [0.2, 0.25) is 0 Å². The Morgan fingerprint density at radius 1 is 1.33 bits per heavy atom. The Hall–Kier alpha value is -1.49. The Bertz CT molecular complexity index is 271. The van der Waals surface area contributed by atoms with Gasteiger partial charge in [-0.05, 0) is 30.5 Å². The Morgan fingerprint density at radius 2 is 2.00 bits per heavy atom. The first-order valence-corrected chi connectivity index (χ1v) is 3.66. The minimum atomic E-state index is 0.581. The average molecular weight is 159 g/mol. The summed E-state index contributed by atoms with van der Waals surface area (Å²) >= 11 is 0. The van der Waals surface area contributed by atoms with Crippen LogP contribution in [0, 0.1) is 17.9 Å². The van der Waals surface area contributed by atoms with Crippen LogP contribution in [-0.4, -0.2) is 0 Å². The zero-order valence-corrected chi connectivity index (χ0v) is 6.87. The van der Waals surface area contributed by atoms with Gasteiger partial charge in [0.25, 0.3) is 6.26 Å². The van der Waals surface area contributed by atoms with E-state index in [1.54, 1.807) is 18.4 Å². The summed E-state index contributed by atoms with van der Waals surface area (Å²) in [5.41, 5.74) is 1.17. The average Bonchev–Trinajstić information content (AvgIpc) is 2.09. The Kier molecular flexibility index (Phi) is 3.16. The molecule has 0 N–H and O–H groups in total. The highest BCUT2D eigenvalue weighted by Gasteiger charge is 1.93. The minimum Gasteiger partial charge on any atom is -0.388 e. The van der Waals surface area contributed by atoms with Gasteiger partial charge in [-0.3, -0.25) is 0 Å². The van der Waals surface area contributed by atoms with Crippen LogP contribution in [0.15, 0.2) is 24.3 Å². The molecule has 0 aliphatic heterocycles. The van der Waals surface area contributed by atoms with Crippen molar-refractivity contribution in [3.8, 4) is 12.0 Å². The van der Waals surface area contributed by atoms with E-state index < -0.39 is 0 Å². The fourth-order valence-electron chi connectivity index (χ4n) is 0.932. The zero-order valence-electron chi connectivity index (χ0n) is 6.87. The van der Waals surface area contributed by atoms with E-state index in [1.165, 1.54) is 5.56 Å². The molecule has 0 fully saturated rings. The molecule has 2 nitrogen and oxygen atoms in total. The van der Waals surface area contributed by atoms with Crippen molar-refractivity contribution < 1.29 is 4.74 Å². The van der Waals surface area contributed by atoms with Crippen molar-refractivity contribution in [3.63, 3.8) is 0 Å². The molecule has 1 aromatic rings. The maximum absolute atomic E-state index is 8.21. The summed E-state index contributed by atoms with van der Waals surface area (Å²) in [6.45, 7) is 1.89. The number of ether oxygens (including phenoxy) is 1. The van der Waals surface area contributed by atoms with Crippen molar-refractivity contribution >= 4 is 0 Å². The molecular formula is C10H9NO. The number of rotatable bonds is 3. The lowest BCUT2D eigenvalue weighted by Crippen LogP contribution is -1.85. The monoisotopic (exact) mass is 159 g/mol. The van der Waals surface area contributed by atoms with Crippen LogP contribution in [0.2, 0.25) is 0 Å². The second kappa shape index (κ2) is 4.40. The number of nitriles is 1. The number of hydrogen-bond acceptors (Lipinski definition) is 2. The van der Waals surface area contributed by atoms with E-state index in [9.17, 15) is 0 Å². The van der Waals surface area contributed by atoms with Crippen molar-refractivity contribution in [3.05, 3.63) is 36.2 Å². The third-order valence-electron chi connectivity index (χ3n) is 1.47. The topological polar surface area (TPSA) is 33.0 Å². The van der Waals surface area contributed by atoms with E-state index in [0.717, 1.165) is 6.42 Å². The zero-order chi connectivity index (χ0) is 8.81. The summed E-state index contributed by atoms with van der Waals surface area (Å²) in [5, 5.41) is 8.21. The van der Waals surface area contributed by atoms with E-state index in [4.69, 9.17) is 5.26 Å². The van der Waals surface area contributed by atoms with E-state index in [1.807, 2.05) is 19.1 Å². The van der Waals surface area contributed by atoms with Crippen molar-refractivity contribution in [2.75, 3.05) is 0 Å². The van der Waals surface area contributed by atoms with E-state index >= 15 is 0 Å². The molecule has 0 aliphatic carbocycles. The summed E-state index contributed by atoms with van der Waals surface area (Å²) in [5.74, 6) is 0.581. The largest absolute Gasteiger partial charge is 0.388 e. The third kappa shape index (κ3) is 2.28. The van der Waals surface area contributed by atoms with Gasteiger partial charge < -0.3 is 4.74 Å². The van der Waals surface area contributed by atoms with Crippen LogP contribution in [0.1, 0.15) is 12.5 Å². The fourth-order valence-corrected chi connectivity index (χ4v) is 0.932. The molecule has 0 spiro atoms. The summed E-state index contributed by atoms with van der Waals surface area (Å²) in [7, 11) is 0. The van der Waals surface area contributed by atoms with Crippen LogP contribution in [-0.2, 0) is 6.42 Å². The van der Waals surface area contributed by atoms with Gasteiger partial charge in [-0.2, -0.15) is 0 Å². The Balaban J connectivity index is 2.66. The van der Waals surface area contributed by atoms with Crippen LogP contribution in [0.3, 0.4) is 0 Å². The molecule has 0 unspecified atom stereocenters. The Morgan fingerprint density at radius 3 is 2.50 bits per heavy atom. The second-order valence-electron chi connectivity index (χ2n) is 2.37. The molecule has 0 aliphatic rings. The lowest BCUT2D eigenvalue weighted by molar-refractivity contribution is 0.507. The predicted molar refractivity (Wildman–Crippen MR) is 45.3 cm³/mol. The molecule has 1 rings (SSSR count). The van der Waals surface area contributed by atoms with Gasteiger partial charge in [0.15, 0.2) is 0 Å². The molecule has 0 saturated heterocycles. The molecule has 60 valence electrons. The van der Waals surface area contributed by atoms with Crippen molar-refractivity contribution in [1.82, 2.24) is 0 Å². The first kappa shape index (κ1) is 8.61. The van der Waals surface area contributed by atoms with E-state index in [-0.39, 0.29) is 0 Å². The highest BCUT2D eigenvalue weighted by atomic mass is 16.5. The first-order chi connectivity index (χ1) is 5.86. The third-order valence-corrected chi connectivity index (χ3v) is 1.47. The van der Waals surface area contributed by atoms with Gasteiger partial charge in [0.1, 0.15) is 5.75 Å². The van der Waals surface area contributed by atoms with Crippen molar-refractivity contribution in [1.29, 1.82) is 5.26 Å². The van der Waals surface area contributed by atoms with E-state index in [0.29, 0.717) is 5.75 Å². The van der Waals surface area contributed by atoms with Crippen molar-refractivity contribution in [2.45, 2.75) is 13.3 Å². The van der Waals surface area contributed by atoms with Crippen LogP contribution in [0.4, 0.5) is 0 Å². The molecule has 2 radical (unpaired) electrons. The van der Waals surface area contributed by atoms with E-state index in [2.05, 4.69) is 11.2 Å². The fraction of sp³-hybridized carbons (Fsp3) is 0.200. The SMILES string of the molecule is C[C]Cc1ccc(OC#N)cc1. The molecule has 12 heavy (non-hydrogen) atoms. The molecule has 0 bridgehead atoms. The molecular weight excluding hydrogens is 150 g/mol. The highest BCUT2D eigenvalue weighted by molar-refractivity contribution is 5.28. The normalized spacial score (nSPS) is 9.00. The quantitative estimate of drug-likeness (QED) is 0.633. The van der Waals surface area contributed by atoms with Gasteiger partial charge in [-0.1, -0.05) is 19.1 Å². The molecule has 0 aromatic heterocycles. The number of nitrogens with zero attached hydrogens (tertiary/aromatic N) is 1. The summed E-state index contributed by atoms with van der Waals surface area (Å²) in [6.07, 6.45) is 5.48. The van der Waals surface area contributed by atoms with Crippen LogP contribution < -0.4 is 4.74 Å². The number of hydrogen-bond donors (Lipinski definition) is 0. The number of benzene rings is 1. The maximum Gasteiger partial charge on any atom is 0.292 e. The molecule has 0 atom stereocenters. The minimum absolute atomic E-state index is 0.581. The summed E-state index contributed by atoms with van der Waals surface area (Å²) in [6, 6.07) is 7.39. The summed E-state index contributed by atoms with van der Waals surface area (Å²) < 4.78 is 4.62. The van der Waals surface area contributed by atoms with Gasteiger partial charge in [0.05, 0.1) is 0 Å². The first-order valence-electron chi connectivity index (χ1n) is 3.66. The molecule has 0 saturated carbocycles. The van der Waals surface area contributed by atoms with Crippen LogP contribution in [0.5, 0.6) is 5.75 Å². The summed E-state index contributed by atoms with van der Waals surface area (Å²) in [4.78, 5) is 0. The maximum atomic E-state index is 8.21. The highest BCUT2D eigenvalue weighted by Crippen LogP contribution is 2.12. The lowest BCUT2D eigenvalue weighted by atomic mass is 10.1. The van der Waals surface area contributed by atoms with Gasteiger partial charge in [-0.15, -0.1) is 5.26 Å². The standard InChI is InChI=1S/C10H9NO/c1-2-3-9-4-6-10(7-5-9)12-8-11/h4-7H,3H2,1H3. The van der Waals surface area contributed by atoms with Crippen LogP contribution >= 0.6 is 0 Å². The second-order valence-corrected chi connectivity index (χ2v) is 2.37. The Labute approximate surface area is 72.4 Å². The van der Waals surface area contributed by atoms with Gasteiger partial charge in [-0.25, -0.2) is 0 Å². The molecule has 1 aromatic carbocycles. The van der Waals surface area contributed by atoms with Crippen molar-refractivity contribution in [2.24, 2.45) is 0 Å². The van der Waals surface area contributed by atoms with Crippen LogP contribution in [0.25, 0.3) is 0 Å². The molecule has 0 heterocycles. The molecule has 0 amide bonds. The smallest absolute Gasteiger partial charge is 0.292 e. The van der Waals surface area contributed by atoms with Gasteiger partial charge in [0, 0.05) is 0 Å². The predicted octanol–water partition coefficient (Wildman–Crippen LogP) is 2.19. The van der Waals surface area contributed by atoms with Gasteiger partial charge >= 0.3 is 0 Å². The lowest BCUT2D eigenvalue weighted by Gasteiger charge is -1.98.